The molecule has 1 aromatic heterocycles. The first-order valence-electron chi connectivity index (χ1n) is 12.1. The molecule has 3 aliphatic rings. The summed E-state index contributed by atoms with van der Waals surface area (Å²) in [5, 5.41) is 0. The van der Waals surface area contributed by atoms with Crippen LogP contribution in [0.2, 0.25) is 0 Å². The molecular formula is C28H25FN4O3S2. The lowest BCUT2D eigenvalue weighted by atomic mass is 9.72. The van der Waals surface area contributed by atoms with Crippen LogP contribution in [-0.2, 0) is 21.7 Å². The Morgan fingerprint density at radius 1 is 1.13 bits per heavy atom. The number of likely N-dealkylation sites (tertiary alicyclic amines) is 1. The average Bonchev–Trinajstić information content (AvgIpc) is 3.43. The number of pyridine rings is 1. The number of hydrogen-bond donors (Lipinski definition) is 0. The summed E-state index contributed by atoms with van der Waals surface area (Å²) in [6, 6.07) is 15.5. The fourth-order valence-corrected chi connectivity index (χ4v) is 8.43. The Hall–Kier alpha value is -3.34. The number of carbonyl (C=O) groups is 2. The van der Waals surface area contributed by atoms with E-state index in [0.717, 1.165) is 11.1 Å². The largest absolute Gasteiger partial charge is 0.497 e. The van der Waals surface area contributed by atoms with Crippen LogP contribution in [0.3, 0.4) is 0 Å². The van der Waals surface area contributed by atoms with Gasteiger partial charge in [0.15, 0.2) is 5.54 Å². The highest BCUT2D eigenvalue weighted by Crippen LogP contribution is 2.66. The molecule has 2 aromatic carbocycles. The topological polar surface area (TPSA) is 66.0 Å². The zero-order chi connectivity index (χ0) is 26.8. The molecule has 0 radical (unpaired) electrons. The highest BCUT2D eigenvalue weighted by molar-refractivity contribution is 8.25. The van der Waals surface area contributed by atoms with Gasteiger partial charge in [0.05, 0.1) is 13.7 Å². The van der Waals surface area contributed by atoms with Crippen molar-refractivity contribution in [1.82, 2.24) is 14.8 Å². The van der Waals surface area contributed by atoms with Crippen LogP contribution in [0.5, 0.6) is 5.75 Å². The second kappa shape index (κ2) is 8.86. The predicted molar refractivity (Wildman–Crippen MR) is 148 cm³/mol. The van der Waals surface area contributed by atoms with Crippen molar-refractivity contribution in [2.75, 3.05) is 32.6 Å². The van der Waals surface area contributed by atoms with E-state index < -0.39 is 22.0 Å². The van der Waals surface area contributed by atoms with Crippen LogP contribution < -0.4 is 9.64 Å². The molecule has 3 aliphatic heterocycles. The molecule has 0 unspecified atom stereocenters. The smallest absolute Gasteiger partial charge is 0.254 e. The van der Waals surface area contributed by atoms with Crippen LogP contribution in [0.15, 0.2) is 67.0 Å². The standard InChI is InChI=1S/C28H25FN4O3S2/c1-31-16-22(18-5-4-12-30-14-18)28(27(31)21-13-19(29)8-11-23(21)32(2)24(27)34)25(35)33(26(37)38-28)15-17-6-9-20(36-3)10-7-17/h4-14,22H,15-16H2,1-3H3/t22-,27+,28-/m1/s1. The number of fused-ring (bicyclic) bond motifs is 3. The van der Waals surface area contributed by atoms with E-state index in [-0.39, 0.29) is 18.4 Å². The number of hydrogen-bond acceptors (Lipinski definition) is 7. The van der Waals surface area contributed by atoms with Gasteiger partial charge in [-0.2, -0.15) is 0 Å². The minimum Gasteiger partial charge on any atom is -0.497 e. The van der Waals surface area contributed by atoms with Crippen LogP contribution in [0.1, 0.15) is 22.6 Å². The van der Waals surface area contributed by atoms with Gasteiger partial charge in [-0.3, -0.25) is 24.4 Å². The van der Waals surface area contributed by atoms with Crippen molar-refractivity contribution < 1.29 is 18.7 Å². The van der Waals surface area contributed by atoms with Crippen molar-refractivity contribution >= 4 is 45.8 Å². The zero-order valence-electron chi connectivity index (χ0n) is 21.1. The fourth-order valence-electron chi connectivity index (χ4n) is 6.30. The van der Waals surface area contributed by atoms with Crippen molar-refractivity contribution in [1.29, 1.82) is 0 Å². The first kappa shape index (κ1) is 25.0. The molecule has 2 spiro atoms. The van der Waals surface area contributed by atoms with Crippen LogP contribution >= 0.6 is 24.0 Å². The van der Waals surface area contributed by atoms with Crippen LogP contribution in [0, 0.1) is 5.82 Å². The Balaban J connectivity index is 1.56. The number of halogens is 1. The number of amides is 2. The minimum absolute atomic E-state index is 0.246. The molecule has 2 fully saturated rings. The van der Waals surface area contributed by atoms with Gasteiger partial charge in [0.2, 0.25) is 5.91 Å². The quantitative estimate of drug-likeness (QED) is 0.458. The highest BCUT2D eigenvalue weighted by Gasteiger charge is 2.78. The minimum atomic E-state index is -1.46. The van der Waals surface area contributed by atoms with E-state index in [4.69, 9.17) is 17.0 Å². The van der Waals surface area contributed by atoms with Crippen molar-refractivity contribution in [3.05, 3.63) is 89.5 Å². The number of likely N-dealkylation sites (N-methyl/N-ethyl adjacent to an activating group) is 2. The lowest BCUT2D eigenvalue weighted by molar-refractivity contribution is -0.139. The number of thiocarbonyl (C=S) groups is 1. The second-order valence-electron chi connectivity index (χ2n) is 9.80. The summed E-state index contributed by atoms with van der Waals surface area (Å²) in [5.74, 6) is -0.722. The van der Waals surface area contributed by atoms with E-state index in [1.165, 1.54) is 28.8 Å². The third kappa shape index (κ3) is 3.17. The second-order valence-corrected chi connectivity index (χ2v) is 11.7. The third-order valence-electron chi connectivity index (χ3n) is 8.00. The molecule has 0 N–H and O–H groups in total. The van der Waals surface area contributed by atoms with Crippen molar-refractivity contribution in [2.24, 2.45) is 0 Å². The number of carbonyl (C=O) groups excluding carboxylic acids is 2. The van der Waals surface area contributed by atoms with Gasteiger partial charge in [-0.05, 0) is 54.6 Å². The van der Waals surface area contributed by atoms with Gasteiger partial charge in [0.25, 0.3) is 5.91 Å². The van der Waals surface area contributed by atoms with E-state index in [0.29, 0.717) is 27.9 Å². The Bertz CT molecular complexity index is 1470. The molecule has 38 heavy (non-hydrogen) atoms. The molecule has 194 valence electrons. The van der Waals surface area contributed by atoms with Gasteiger partial charge in [-0.1, -0.05) is 42.2 Å². The lowest BCUT2D eigenvalue weighted by Gasteiger charge is -2.42. The number of benzene rings is 2. The summed E-state index contributed by atoms with van der Waals surface area (Å²) in [5.41, 5.74) is 1.31. The van der Waals surface area contributed by atoms with Crippen molar-refractivity contribution in [2.45, 2.75) is 22.7 Å². The van der Waals surface area contributed by atoms with Crippen LogP contribution in [-0.4, -0.2) is 63.4 Å². The summed E-state index contributed by atoms with van der Waals surface area (Å²) >= 11 is 7.08. The first-order chi connectivity index (χ1) is 18.3. The number of rotatable bonds is 4. The van der Waals surface area contributed by atoms with Gasteiger partial charge in [0.1, 0.15) is 20.6 Å². The average molecular weight is 549 g/mol. The molecule has 2 saturated heterocycles. The Labute approximate surface area is 229 Å². The SMILES string of the molecule is COc1ccc(CN2C(=O)[C@]3(SC2=S)[C@@H](c2cccnc2)CN(C)[C@@]32C(=O)N(C)c3ccc(F)cc32)cc1. The van der Waals surface area contributed by atoms with Gasteiger partial charge in [-0.25, -0.2) is 4.39 Å². The number of aromatic nitrogens is 1. The molecule has 3 atom stereocenters. The number of anilines is 1. The predicted octanol–water partition coefficient (Wildman–Crippen LogP) is 3.93. The van der Waals surface area contributed by atoms with Crippen molar-refractivity contribution in [3.8, 4) is 5.75 Å². The van der Waals surface area contributed by atoms with Gasteiger partial charge in [0, 0.05) is 43.2 Å². The van der Waals surface area contributed by atoms with E-state index in [9.17, 15) is 14.0 Å². The van der Waals surface area contributed by atoms with Gasteiger partial charge in [-0.15, -0.1) is 0 Å². The lowest BCUT2D eigenvalue weighted by Crippen LogP contribution is -2.62. The van der Waals surface area contributed by atoms with E-state index in [1.54, 1.807) is 37.5 Å². The summed E-state index contributed by atoms with van der Waals surface area (Å²) in [7, 11) is 5.09. The molecule has 2 amide bonds. The van der Waals surface area contributed by atoms with Gasteiger partial charge < -0.3 is 9.64 Å². The first-order valence-corrected chi connectivity index (χ1v) is 13.4. The summed E-state index contributed by atoms with van der Waals surface area (Å²) in [6.07, 6.45) is 3.41. The Kier molecular flexibility index (Phi) is 5.82. The number of nitrogens with zero attached hydrogens (tertiary/aromatic N) is 4. The normalized spacial score (nSPS) is 26.7. The maximum Gasteiger partial charge on any atom is 0.254 e. The maximum absolute atomic E-state index is 14.8. The van der Waals surface area contributed by atoms with E-state index >= 15 is 0 Å². The zero-order valence-corrected chi connectivity index (χ0v) is 22.7. The summed E-state index contributed by atoms with van der Waals surface area (Å²) in [4.78, 5) is 38.4. The Morgan fingerprint density at radius 3 is 2.58 bits per heavy atom. The molecular weight excluding hydrogens is 523 g/mol. The fraction of sp³-hybridized carbons (Fsp3) is 0.286. The maximum atomic E-state index is 14.8. The monoisotopic (exact) mass is 548 g/mol. The molecule has 0 bridgehead atoms. The molecule has 3 aromatic rings. The molecule has 4 heterocycles. The van der Waals surface area contributed by atoms with E-state index in [1.807, 2.05) is 48.3 Å². The molecule has 6 rings (SSSR count). The van der Waals surface area contributed by atoms with Gasteiger partial charge >= 0.3 is 0 Å². The van der Waals surface area contributed by atoms with Crippen molar-refractivity contribution in [3.63, 3.8) is 0 Å². The number of methoxy groups -OCH3 is 1. The summed E-state index contributed by atoms with van der Waals surface area (Å²) in [6.45, 7) is 0.634. The number of thioether (sulfide) groups is 1. The van der Waals surface area contributed by atoms with Crippen LogP contribution in [0.4, 0.5) is 10.1 Å². The summed E-state index contributed by atoms with van der Waals surface area (Å²) < 4.78 is 19.1. The Morgan fingerprint density at radius 2 is 1.89 bits per heavy atom. The third-order valence-corrected chi connectivity index (χ3v) is 9.94. The van der Waals surface area contributed by atoms with E-state index in [2.05, 4.69) is 4.98 Å². The molecule has 10 heteroatoms. The molecule has 0 saturated carbocycles. The number of ether oxygens (including phenoxy) is 1. The molecule has 0 aliphatic carbocycles. The molecule has 7 nitrogen and oxygen atoms in total. The highest BCUT2D eigenvalue weighted by atomic mass is 32.2. The van der Waals surface area contributed by atoms with Crippen LogP contribution in [0.25, 0.3) is 0 Å².